The second-order valence-electron chi connectivity index (χ2n) is 11.3. The van der Waals surface area contributed by atoms with Gasteiger partial charge in [-0.3, -0.25) is 33.8 Å². The van der Waals surface area contributed by atoms with Crippen LogP contribution in [0.4, 0.5) is 11.6 Å². The van der Waals surface area contributed by atoms with Gasteiger partial charge in [0, 0.05) is 30.6 Å². The van der Waals surface area contributed by atoms with Gasteiger partial charge in [-0.05, 0) is 37.1 Å². The molecule has 0 unspecified atom stereocenters. The first kappa shape index (κ1) is 39.9. The molecule has 52 heavy (non-hydrogen) atoms. The van der Waals surface area contributed by atoms with E-state index in [-0.39, 0.29) is 54.9 Å². The fourth-order valence-corrected chi connectivity index (χ4v) is 4.52. The number of carboxylic acid groups (broad SMARTS) is 3. The maximum absolute atomic E-state index is 12.8. The number of nitrogen functional groups attached to an aromatic ring is 1. The lowest BCUT2D eigenvalue weighted by atomic mass is 10.0. The number of Topliss-reactive ketones (excluding diaryl/α,β-unsaturated/α-hetero) is 1. The summed E-state index contributed by atoms with van der Waals surface area (Å²) in [6.45, 7) is -0.337. The maximum Gasteiger partial charge on any atom is 0.327 e. The fourth-order valence-electron chi connectivity index (χ4n) is 4.52. The van der Waals surface area contributed by atoms with E-state index in [1.54, 1.807) is 12.1 Å². The molecule has 2 heterocycles. The number of benzene rings is 1. The maximum atomic E-state index is 12.8. The zero-order chi connectivity index (χ0) is 38.5. The van der Waals surface area contributed by atoms with Crippen molar-refractivity contribution in [1.29, 1.82) is 0 Å². The molecule has 3 aromatic rings. The van der Waals surface area contributed by atoms with Crippen LogP contribution in [0.2, 0.25) is 0 Å². The number of nitrogens with zero attached hydrogens (tertiary/aromatic N) is 3. The van der Waals surface area contributed by atoms with Crippen molar-refractivity contribution >= 4 is 64.2 Å². The second kappa shape index (κ2) is 18.4. The molecule has 0 fully saturated rings. The van der Waals surface area contributed by atoms with Crippen LogP contribution < -0.4 is 44.0 Å². The summed E-state index contributed by atoms with van der Waals surface area (Å²) in [5.74, 6) is -7.77. The molecule has 0 aliphatic carbocycles. The molecule has 22 heteroatoms. The van der Waals surface area contributed by atoms with E-state index in [0.717, 1.165) is 0 Å². The lowest BCUT2D eigenvalue weighted by Crippen LogP contribution is -2.56. The van der Waals surface area contributed by atoms with Gasteiger partial charge in [-0.15, -0.1) is 0 Å². The van der Waals surface area contributed by atoms with Crippen molar-refractivity contribution < 1.29 is 48.9 Å². The number of aromatic amines is 1. The van der Waals surface area contributed by atoms with Crippen LogP contribution in [-0.4, -0.2) is 107 Å². The van der Waals surface area contributed by atoms with Gasteiger partial charge >= 0.3 is 17.9 Å². The summed E-state index contributed by atoms with van der Waals surface area (Å²) >= 11 is 0. The van der Waals surface area contributed by atoms with Crippen LogP contribution in [0.5, 0.6) is 0 Å². The van der Waals surface area contributed by atoms with Gasteiger partial charge in [0.1, 0.15) is 23.9 Å². The molecule has 1 aromatic carbocycles. The fraction of sp³-hybridized carbons (Fsp3) is 0.367. The number of carbonyl (C=O) groups excluding carboxylic acids is 4. The van der Waals surface area contributed by atoms with Crippen LogP contribution in [0.1, 0.15) is 48.2 Å². The Morgan fingerprint density at radius 1 is 0.827 bits per heavy atom. The number of aromatic nitrogens is 4. The largest absolute Gasteiger partial charge is 0.481 e. The number of nitrogens with one attached hydrogen (secondary N) is 5. The van der Waals surface area contributed by atoms with Crippen molar-refractivity contribution in [2.75, 3.05) is 17.6 Å². The van der Waals surface area contributed by atoms with Crippen LogP contribution in [0.3, 0.4) is 0 Å². The third-order valence-electron chi connectivity index (χ3n) is 7.36. The van der Waals surface area contributed by atoms with E-state index in [1.165, 1.54) is 18.3 Å². The summed E-state index contributed by atoms with van der Waals surface area (Å²) < 4.78 is 0. The molecule has 4 atom stereocenters. The van der Waals surface area contributed by atoms with Crippen molar-refractivity contribution in [2.24, 2.45) is 11.5 Å². The summed E-state index contributed by atoms with van der Waals surface area (Å²) in [5, 5.41) is 37.3. The Morgan fingerprint density at radius 3 is 2.08 bits per heavy atom. The number of ketones is 1. The Hall–Kier alpha value is -6.55. The van der Waals surface area contributed by atoms with Gasteiger partial charge in [0.25, 0.3) is 11.5 Å². The SMILES string of the molecule is NC[C@H](NC(=O)[C@H](CC(=O)O)NC(=O)[C@@H](N)CCC(=O)CC[C@@H](NC(=O)c1ccc(NCc2cnc3nc(N)[nH]c(=O)c3n2)cc1)C(=O)O)C(=O)O. The standard InChI is InChI=1S/C30H37N11O11/c31-10-20(29(51)52)39-26(47)19(9-21(43)44)38-25(46)17(32)7-5-16(42)6-8-18(28(49)50)37-24(45)13-1-3-14(4-2-13)34-11-15-12-35-23-22(36-15)27(48)41-30(33)40-23/h1-4,12,17-20,34H,5-11,31-32H2,(H,37,45)(H,38,46)(H,39,47)(H,43,44)(H,49,50)(H,51,52)(H3,33,35,40,41,48)/t17-,18+,19-,20-/m0/s1. The number of H-pyrrole nitrogens is 1. The Labute approximate surface area is 293 Å². The number of hydrogen-bond acceptors (Lipinski definition) is 15. The molecule has 0 saturated carbocycles. The highest BCUT2D eigenvalue weighted by atomic mass is 16.4. The van der Waals surface area contributed by atoms with Crippen LogP contribution in [-0.2, 0) is 35.3 Å². The van der Waals surface area contributed by atoms with Gasteiger partial charge in [-0.2, -0.15) is 4.98 Å². The van der Waals surface area contributed by atoms with Crippen LogP contribution in [0, 0.1) is 0 Å². The number of nitrogens with two attached hydrogens (primary N) is 3. The normalized spacial score (nSPS) is 13.2. The van der Waals surface area contributed by atoms with Crippen LogP contribution >= 0.6 is 0 Å². The summed E-state index contributed by atoms with van der Waals surface area (Å²) in [7, 11) is 0. The van der Waals surface area contributed by atoms with Crippen molar-refractivity contribution in [1.82, 2.24) is 35.9 Å². The number of hydrogen-bond donors (Lipinski definition) is 11. The molecule has 14 N–H and O–H groups in total. The van der Waals surface area contributed by atoms with Gasteiger partial charge in [0.2, 0.25) is 17.8 Å². The molecule has 22 nitrogen and oxygen atoms in total. The molecule has 0 radical (unpaired) electrons. The number of carbonyl (C=O) groups is 7. The van der Waals surface area contributed by atoms with Crippen LogP contribution in [0.25, 0.3) is 11.2 Å². The molecule has 0 aliphatic rings. The topological polar surface area (TPSA) is 378 Å². The van der Waals surface area contributed by atoms with Gasteiger partial charge in [-0.25, -0.2) is 19.6 Å². The van der Waals surface area contributed by atoms with E-state index >= 15 is 0 Å². The first-order valence-corrected chi connectivity index (χ1v) is 15.5. The summed E-state index contributed by atoms with van der Waals surface area (Å²) in [5.41, 5.74) is 17.2. The zero-order valence-electron chi connectivity index (χ0n) is 27.3. The number of amides is 3. The smallest absolute Gasteiger partial charge is 0.327 e. The first-order valence-electron chi connectivity index (χ1n) is 15.5. The van der Waals surface area contributed by atoms with E-state index in [1.807, 2.05) is 5.32 Å². The molecule has 3 rings (SSSR count). The Bertz CT molecular complexity index is 1880. The van der Waals surface area contributed by atoms with Crippen molar-refractivity contribution in [3.8, 4) is 0 Å². The minimum Gasteiger partial charge on any atom is -0.481 e. The number of aliphatic carboxylic acids is 3. The average molecular weight is 728 g/mol. The monoisotopic (exact) mass is 727 g/mol. The predicted octanol–water partition coefficient (Wildman–Crippen LogP) is -2.97. The Morgan fingerprint density at radius 2 is 1.46 bits per heavy atom. The highest BCUT2D eigenvalue weighted by Gasteiger charge is 2.29. The third-order valence-corrected chi connectivity index (χ3v) is 7.36. The van der Waals surface area contributed by atoms with Gasteiger partial charge in [0.05, 0.1) is 30.9 Å². The summed E-state index contributed by atoms with van der Waals surface area (Å²) in [6, 6.07) is -0.0637. The summed E-state index contributed by atoms with van der Waals surface area (Å²) in [4.78, 5) is 111. The number of carboxylic acids is 3. The lowest BCUT2D eigenvalue weighted by Gasteiger charge is -2.21. The number of anilines is 2. The molecule has 0 saturated heterocycles. The second-order valence-corrected chi connectivity index (χ2v) is 11.3. The Balaban J connectivity index is 1.47. The average Bonchev–Trinajstić information content (AvgIpc) is 3.09. The minimum atomic E-state index is -1.69. The van der Waals surface area contributed by atoms with Crippen molar-refractivity contribution in [3.05, 3.63) is 52.1 Å². The lowest BCUT2D eigenvalue weighted by molar-refractivity contribution is -0.143. The van der Waals surface area contributed by atoms with Crippen molar-refractivity contribution in [3.63, 3.8) is 0 Å². The minimum absolute atomic E-state index is 0.00991. The highest BCUT2D eigenvalue weighted by Crippen LogP contribution is 2.13. The molecular weight excluding hydrogens is 690 g/mol. The molecular formula is C30H37N11O11. The van der Waals surface area contributed by atoms with E-state index in [2.05, 4.69) is 35.9 Å². The molecule has 0 spiro atoms. The quantitative estimate of drug-likeness (QED) is 0.0553. The highest BCUT2D eigenvalue weighted by molar-refractivity contribution is 5.97. The number of rotatable bonds is 20. The third kappa shape index (κ3) is 11.8. The van der Waals surface area contributed by atoms with E-state index in [9.17, 15) is 43.5 Å². The molecule has 3 amide bonds. The predicted molar refractivity (Wildman–Crippen MR) is 179 cm³/mol. The van der Waals surface area contributed by atoms with Gasteiger partial charge in [0.15, 0.2) is 11.2 Å². The summed E-state index contributed by atoms with van der Waals surface area (Å²) in [6.07, 6.45) is -0.620. The Kier molecular flexibility index (Phi) is 14.1. The van der Waals surface area contributed by atoms with Crippen LogP contribution in [0.15, 0.2) is 35.3 Å². The first-order chi connectivity index (χ1) is 24.6. The molecule has 0 aliphatic heterocycles. The van der Waals surface area contributed by atoms with Crippen molar-refractivity contribution in [2.45, 2.75) is 62.8 Å². The van der Waals surface area contributed by atoms with E-state index in [4.69, 9.17) is 27.4 Å². The van der Waals surface area contributed by atoms with Gasteiger partial charge < -0.3 is 53.8 Å². The van der Waals surface area contributed by atoms with E-state index in [0.29, 0.717) is 11.4 Å². The number of fused-ring (bicyclic) bond motifs is 1. The zero-order valence-corrected chi connectivity index (χ0v) is 27.3. The molecule has 278 valence electrons. The van der Waals surface area contributed by atoms with E-state index < -0.39 is 84.1 Å². The van der Waals surface area contributed by atoms with Gasteiger partial charge in [-0.1, -0.05) is 0 Å². The molecule has 0 bridgehead atoms. The molecule has 2 aromatic heterocycles.